The Balaban J connectivity index is 1.90. The zero-order valence-corrected chi connectivity index (χ0v) is 9.48. The van der Waals surface area contributed by atoms with Crippen LogP contribution in [0.3, 0.4) is 0 Å². The first kappa shape index (κ1) is 11.4. The lowest BCUT2D eigenvalue weighted by molar-refractivity contribution is -0.146. The van der Waals surface area contributed by atoms with Crippen LogP contribution < -0.4 is 5.32 Å². The van der Waals surface area contributed by atoms with E-state index in [4.69, 9.17) is 5.11 Å². The van der Waals surface area contributed by atoms with Gasteiger partial charge in [0.2, 0.25) is 5.91 Å². The SMILES string of the molecule is CC(C(=O)O)C(=O)NC1CCN2CCCC12. The molecule has 0 radical (unpaired) electrons. The molecule has 0 aromatic carbocycles. The fourth-order valence-corrected chi connectivity index (χ4v) is 2.67. The van der Waals surface area contributed by atoms with Crippen molar-refractivity contribution in [3.8, 4) is 0 Å². The molecule has 2 aliphatic heterocycles. The first-order chi connectivity index (χ1) is 7.59. The molecule has 2 rings (SSSR count). The van der Waals surface area contributed by atoms with E-state index in [0.29, 0.717) is 6.04 Å². The van der Waals surface area contributed by atoms with Crippen molar-refractivity contribution in [2.24, 2.45) is 5.92 Å². The van der Waals surface area contributed by atoms with Crippen molar-refractivity contribution in [1.29, 1.82) is 0 Å². The Labute approximate surface area is 94.8 Å². The van der Waals surface area contributed by atoms with E-state index in [1.54, 1.807) is 0 Å². The molecule has 5 nitrogen and oxygen atoms in total. The van der Waals surface area contributed by atoms with Crippen LogP contribution in [0.15, 0.2) is 0 Å². The maximum atomic E-state index is 11.6. The van der Waals surface area contributed by atoms with Crippen molar-refractivity contribution in [2.75, 3.05) is 13.1 Å². The number of rotatable bonds is 3. The highest BCUT2D eigenvalue weighted by molar-refractivity contribution is 5.96. The van der Waals surface area contributed by atoms with Crippen LogP contribution in [0, 0.1) is 5.92 Å². The minimum absolute atomic E-state index is 0.150. The number of hydrogen-bond acceptors (Lipinski definition) is 3. The number of aliphatic carboxylic acids is 1. The summed E-state index contributed by atoms with van der Waals surface area (Å²) in [6.45, 7) is 3.57. The maximum absolute atomic E-state index is 11.6. The third kappa shape index (κ3) is 2.04. The molecule has 0 aromatic heterocycles. The first-order valence-electron chi connectivity index (χ1n) is 5.87. The molecule has 2 N–H and O–H groups in total. The molecule has 1 amide bonds. The van der Waals surface area contributed by atoms with Crippen molar-refractivity contribution in [3.05, 3.63) is 0 Å². The van der Waals surface area contributed by atoms with Crippen LogP contribution in [0.25, 0.3) is 0 Å². The van der Waals surface area contributed by atoms with Crippen molar-refractivity contribution < 1.29 is 14.7 Å². The van der Waals surface area contributed by atoms with Crippen LogP contribution in [-0.4, -0.2) is 47.1 Å². The molecular weight excluding hydrogens is 208 g/mol. The molecule has 0 spiro atoms. The second kappa shape index (κ2) is 4.41. The molecule has 3 atom stereocenters. The number of hydrogen-bond donors (Lipinski definition) is 2. The molecule has 2 aliphatic rings. The van der Waals surface area contributed by atoms with Gasteiger partial charge in [-0.15, -0.1) is 0 Å². The normalized spacial score (nSPS) is 31.1. The number of carbonyl (C=O) groups excluding carboxylic acids is 1. The topological polar surface area (TPSA) is 69.6 Å². The summed E-state index contributed by atoms with van der Waals surface area (Å²) in [5.41, 5.74) is 0. The van der Waals surface area contributed by atoms with E-state index in [-0.39, 0.29) is 11.9 Å². The van der Waals surface area contributed by atoms with Crippen LogP contribution in [0.2, 0.25) is 0 Å². The van der Waals surface area contributed by atoms with Crippen LogP contribution in [0.1, 0.15) is 26.2 Å². The fourth-order valence-electron chi connectivity index (χ4n) is 2.67. The van der Waals surface area contributed by atoms with Crippen LogP contribution >= 0.6 is 0 Å². The van der Waals surface area contributed by atoms with E-state index < -0.39 is 11.9 Å². The van der Waals surface area contributed by atoms with Gasteiger partial charge < -0.3 is 10.4 Å². The minimum atomic E-state index is -1.06. The molecule has 3 unspecified atom stereocenters. The molecule has 16 heavy (non-hydrogen) atoms. The number of nitrogens with one attached hydrogen (secondary N) is 1. The van der Waals surface area contributed by atoms with E-state index in [0.717, 1.165) is 25.9 Å². The second-order valence-electron chi connectivity index (χ2n) is 4.71. The Hall–Kier alpha value is -1.10. The highest BCUT2D eigenvalue weighted by Gasteiger charge is 2.38. The molecular formula is C11H18N2O3. The highest BCUT2D eigenvalue weighted by atomic mass is 16.4. The predicted octanol–water partition coefficient (Wildman–Crippen LogP) is 0.0600. The predicted molar refractivity (Wildman–Crippen MR) is 57.9 cm³/mol. The molecule has 2 heterocycles. The Kier molecular flexibility index (Phi) is 3.14. The van der Waals surface area contributed by atoms with E-state index in [1.807, 2.05) is 0 Å². The number of carboxylic acids is 1. The molecule has 0 aromatic rings. The molecule has 2 saturated heterocycles. The molecule has 5 heteroatoms. The average Bonchev–Trinajstić information content (AvgIpc) is 2.81. The van der Waals surface area contributed by atoms with Gasteiger partial charge in [-0.1, -0.05) is 0 Å². The maximum Gasteiger partial charge on any atom is 0.315 e. The van der Waals surface area contributed by atoms with Gasteiger partial charge in [-0.3, -0.25) is 14.5 Å². The van der Waals surface area contributed by atoms with E-state index in [2.05, 4.69) is 10.2 Å². The highest BCUT2D eigenvalue weighted by Crippen LogP contribution is 2.27. The summed E-state index contributed by atoms with van der Waals surface area (Å²) < 4.78 is 0. The second-order valence-corrected chi connectivity index (χ2v) is 4.71. The summed E-state index contributed by atoms with van der Waals surface area (Å²) in [6, 6.07) is 0.585. The summed E-state index contributed by atoms with van der Waals surface area (Å²) in [5, 5.41) is 11.6. The van der Waals surface area contributed by atoms with E-state index >= 15 is 0 Å². The Bertz CT molecular complexity index is 306. The lowest BCUT2D eigenvalue weighted by Gasteiger charge is -2.22. The Morgan fingerprint density at radius 2 is 2.12 bits per heavy atom. The third-order valence-electron chi connectivity index (χ3n) is 3.70. The Morgan fingerprint density at radius 1 is 1.38 bits per heavy atom. The number of carboxylic acid groups (broad SMARTS) is 1. The van der Waals surface area contributed by atoms with E-state index in [9.17, 15) is 9.59 Å². The quantitative estimate of drug-likeness (QED) is 0.668. The number of carbonyl (C=O) groups is 2. The smallest absolute Gasteiger partial charge is 0.315 e. The van der Waals surface area contributed by atoms with Gasteiger partial charge in [0.05, 0.1) is 0 Å². The van der Waals surface area contributed by atoms with Crippen molar-refractivity contribution >= 4 is 11.9 Å². The van der Waals surface area contributed by atoms with Gasteiger partial charge in [-0.25, -0.2) is 0 Å². The van der Waals surface area contributed by atoms with Crippen LogP contribution in [0.5, 0.6) is 0 Å². The summed E-state index contributed by atoms with van der Waals surface area (Å²) >= 11 is 0. The number of fused-ring (bicyclic) bond motifs is 1. The molecule has 0 bridgehead atoms. The zero-order chi connectivity index (χ0) is 11.7. The summed E-state index contributed by atoms with van der Waals surface area (Å²) in [5.74, 6) is -2.36. The van der Waals surface area contributed by atoms with Crippen molar-refractivity contribution in [2.45, 2.75) is 38.3 Å². The zero-order valence-electron chi connectivity index (χ0n) is 9.48. The van der Waals surface area contributed by atoms with Crippen LogP contribution in [-0.2, 0) is 9.59 Å². The fraction of sp³-hybridized carbons (Fsp3) is 0.818. The van der Waals surface area contributed by atoms with Gasteiger partial charge in [0.15, 0.2) is 0 Å². The average molecular weight is 226 g/mol. The Morgan fingerprint density at radius 3 is 2.81 bits per heavy atom. The standard InChI is InChI=1S/C11H18N2O3/c1-7(11(15)16)10(14)12-8-4-6-13-5-2-3-9(8)13/h7-9H,2-6H2,1H3,(H,12,14)(H,15,16). The van der Waals surface area contributed by atoms with Gasteiger partial charge in [0.25, 0.3) is 0 Å². The van der Waals surface area contributed by atoms with Crippen LogP contribution in [0.4, 0.5) is 0 Å². The molecule has 90 valence electrons. The van der Waals surface area contributed by atoms with Gasteiger partial charge >= 0.3 is 5.97 Å². The van der Waals surface area contributed by atoms with Gasteiger partial charge in [-0.05, 0) is 32.7 Å². The lowest BCUT2D eigenvalue weighted by Crippen LogP contribution is -2.45. The molecule has 2 fully saturated rings. The van der Waals surface area contributed by atoms with Gasteiger partial charge in [0.1, 0.15) is 5.92 Å². The monoisotopic (exact) mass is 226 g/mol. The number of nitrogens with zero attached hydrogens (tertiary/aromatic N) is 1. The first-order valence-corrected chi connectivity index (χ1v) is 5.87. The minimum Gasteiger partial charge on any atom is -0.481 e. The lowest BCUT2D eigenvalue weighted by atomic mass is 10.1. The van der Waals surface area contributed by atoms with E-state index in [1.165, 1.54) is 13.3 Å². The van der Waals surface area contributed by atoms with Gasteiger partial charge in [-0.2, -0.15) is 0 Å². The number of amides is 1. The summed E-state index contributed by atoms with van der Waals surface area (Å²) in [7, 11) is 0. The molecule has 0 saturated carbocycles. The molecule has 0 aliphatic carbocycles. The van der Waals surface area contributed by atoms with Crippen molar-refractivity contribution in [1.82, 2.24) is 10.2 Å². The summed E-state index contributed by atoms with van der Waals surface area (Å²) in [6.07, 6.45) is 3.25. The third-order valence-corrected chi connectivity index (χ3v) is 3.70. The van der Waals surface area contributed by atoms with Crippen molar-refractivity contribution in [3.63, 3.8) is 0 Å². The largest absolute Gasteiger partial charge is 0.481 e. The summed E-state index contributed by atoms with van der Waals surface area (Å²) in [4.78, 5) is 24.7. The van der Waals surface area contributed by atoms with Gasteiger partial charge in [0, 0.05) is 18.6 Å².